The number of fused-ring (bicyclic) bond motifs is 1. The molecule has 156 valence electrons. The molecule has 0 radical (unpaired) electrons. The van der Waals surface area contributed by atoms with Crippen molar-refractivity contribution in [2.75, 3.05) is 4.72 Å². The van der Waals surface area contributed by atoms with Gasteiger partial charge in [-0.1, -0.05) is 19.1 Å². The highest BCUT2D eigenvalue weighted by Gasteiger charge is 2.33. The summed E-state index contributed by atoms with van der Waals surface area (Å²) in [4.78, 5) is 4.50. The number of halogens is 3. The molecule has 11 heteroatoms. The molecule has 0 saturated heterocycles. The van der Waals surface area contributed by atoms with Gasteiger partial charge in [0.1, 0.15) is 11.4 Å². The molecular weight excluding hydrogens is 417 g/mol. The Balaban J connectivity index is 1.60. The average molecular weight is 434 g/mol. The minimum Gasteiger partial charge on any atom is -0.299 e. The summed E-state index contributed by atoms with van der Waals surface area (Å²) in [6.45, 7) is 2.00. The van der Waals surface area contributed by atoms with Gasteiger partial charge in [0.2, 0.25) is 0 Å². The molecule has 0 amide bonds. The van der Waals surface area contributed by atoms with E-state index < -0.39 is 22.9 Å². The molecule has 0 aliphatic rings. The van der Waals surface area contributed by atoms with Crippen LogP contribution < -0.4 is 4.72 Å². The number of benzene rings is 1. The number of H-pyrrole nitrogens is 1. The third kappa shape index (κ3) is 3.67. The van der Waals surface area contributed by atoms with Crippen LogP contribution in [0.1, 0.15) is 18.2 Å². The Bertz CT molecular complexity index is 1230. The maximum atomic E-state index is 12.9. The number of pyridine rings is 1. The predicted molar refractivity (Wildman–Crippen MR) is 107 cm³/mol. The van der Waals surface area contributed by atoms with Crippen molar-refractivity contribution >= 4 is 27.6 Å². The Hall–Kier alpha value is -3.21. The van der Waals surface area contributed by atoms with Crippen LogP contribution in [0, 0.1) is 0 Å². The second kappa shape index (κ2) is 7.56. The molecule has 3 aromatic heterocycles. The van der Waals surface area contributed by atoms with Crippen molar-refractivity contribution in [1.82, 2.24) is 25.0 Å². The van der Waals surface area contributed by atoms with Gasteiger partial charge in [-0.25, -0.2) is 4.21 Å². The monoisotopic (exact) mass is 434 g/mol. The topological polar surface area (TPSA) is 88.5 Å². The van der Waals surface area contributed by atoms with Crippen LogP contribution in [0.5, 0.6) is 0 Å². The van der Waals surface area contributed by atoms with Gasteiger partial charge >= 0.3 is 6.18 Å². The molecule has 4 aromatic rings. The second-order valence-corrected chi connectivity index (χ2v) is 7.79. The fourth-order valence-electron chi connectivity index (χ4n) is 3.11. The lowest BCUT2D eigenvalue weighted by Gasteiger charge is -2.13. The molecule has 0 saturated carbocycles. The van der Waals surface area contributed by atoms with E-state index in [1.807, 2.05) is 31.2 Å². The standard InChI is InChI=1S/C19H17F3N6OS/c1-3-11-4-5-12-9-24-28(2)18(12)17(11)27-30(29)13-6-7-14(23-10-13)15-8-16(26-25-15)19(20,21)22/h4-10,27H,3H2,1-2H3,(H,25,26). The molecule has 0 aliphatic heterocycles. The number of anilines is 1. The SMILES string of the molecule is CCc1ccc2cnn(C)c2c1NS(=O)c1ccc(-c2cc(C(F)(F)F)[nH]n2)nc1. The van der Waals surface area contributed by atoms with Crippen molar-refractivity contribution in [1.29, 1.82) is 0 Å². The maximum absolute atomic E-state index is 12.9. The minimum absolute atomic E-state index is 0.0561. The molecular formula is C19H17F3N6OS. The molecule has 7 nitrogen and oxygen atoms in total. The first-order valence-corrected chi connectivity index (χ1v) is 10.1. The summed E-state index contributed by atoms with van der Waals surface area (Å²) >= 11 is 0. The third-order valence-electron chi connectivity index (χ3n) is 4.66. The lowest BCUT2D eigenvalue weighted by Crippen LogP contribution is -2.09. The first-order valence-electron chi connectivity index (χ1n) is 8.99. The Kier molecular flexibility index (Phi) is 5.06. The van der Waals surface area contributed by atoms with E-state index in [0.717, 1.165) is 34.6 Å². The summed E-state index contributed by atoms with van der Waals surface area (Å²) in [5.41, 5.74) is 1.89. The van der Waals surface area contributed by atoms with Gasteiger partial charge in [0.25, 0.3) is 0 Å². The van der Waals surface area contributed by atoms with Crippen LogP contribution in [0.2, 0.25) is 0 Å². The number of aryl methyl sites for hydroxylation is 2. The minimum atomic E-state index is -4.51. The van der Waals surface area contributed by atoms with Gasteiger partial charge in [0.05, 0.1) is 28.0 Å². The van der Waals surface area contributed by atoms with E-state index in [1.54, 1.807) is 16.9 Å². The van der Waals surface area contributed by atoms with Crippen molar-refractivity contribution in [3.63, 3.8) is 0 Å². The van der Waals surface area contributed by atoms with Crippen LogP contribution in [0.4, 0.5) is 18.9 Å². The van der Waals surface area contributed by atoms with Crippen molar-refractivity contribution in [2.24, 2.45) is 7.05 Å². The zero-order valence-electron chi connectivity index (χ0n) is 16.0. The van der Waals surface area contributed by atoms with Gasteiger partial charge in [0, 0.05) is 18.6 Å². The first kappa shape index (κ1) is 20.1. The Morgan fingerprint density at radius 3 is 2.60 bits per heavy atom. The number of hydrogen-bond donors (Lipinski definition) is 2. The quantitative estimate of drug-likeness (QED) is 0.496. The molecule has 2 N–H and O–H groups in total. The highest BCUT2D eigenvalue weighted by atomic mass is 32.2. The zero-order chi connectivity index (χ0) is 21.5. The Morgan fingerprint density at radius 2 is 1.97 bits per heavy atom. The summed E-state index contributed by atoms with van der Waals surface area (Å²) in [6.07, 6.45) is -0.688. The molecule has 0 bridgehead atoms. The normalized spacial score (nSPS) is 13.0. The second-order valence-electron chi connectivity index (χ2n) is 6.57. The van der Waals surface area contributed by atoms with Crippen molar-refractivity contribution in [3.8, 4) is 11.4 Å². The smallest absolute Gasteiger partial charge is 0.299 e. The summed E-state index contributed by atoms with van der Waals surface area (Å²) in [5.74, 6) is 0. The molecule has 1 aromatic carbocycles. The van der Waals surface area contributed by atoms with E-state index >= 15 is 0 Å². The summed E-state index contributed by atoms with van der Waals surface area (Å²) in [6, 6.07) is 7.83. The summed E-state index contributed by atoms with van der Waals surface area (Å²) in [5, 5.41) is 10.8. The van der Waals surface area contributed by atoms with Crippen LogP contribution in [-0.4, -0.2) is 29.2 Å². The number of alkyl halides is 3. The Morgan fingerprint density at radius 1 is 1.17 bits per heavy atom. The van der Waals surface area contributed by atoms with Crippen LogP contribution >= 0.6 is 0 Å². The maximum Gasteiger partial charge on any atom is 0.432 e. The van der Waals surface area contributed by atoms with Gasteiger partial charge in [-0.05, 0) is 30.2 Å². The summed E-state index contributed by atoms with van der Waals surface area (Å²) < 4.78 is 55.8. The van der Waals surface area contributed by atoms with Crippen molar-refractivity contribution < 1.29 is 17.4 Å². The molecule has 0 spiro atoms. The average Bonchev–Trinajstić information content (AvgIpc) is 3.36. The number of aromatic nitrogens is 5. The lowest BCUT2D eigenvalue weighted by atomic mass is 10.1. The summed E-state index contributed by atoms with van der Waals surface area (Å²) in [7, 11) is 0.181. The van der Waals surface area contributed by atoms with Gasteiger partial charge in [-0.2, -0.15) is 23.4 Å². The first-order chi connectivity index (χ1) is 14.3. The number of rotatable bonds is 5. The van der Waals surface area contributed by atoms with E-state index in [1.165, 1.54) is 12.3 Å². The molecule has 3 heterocycles. The van der Waals surface area contributed by atoms with Crippen LogP contribution in [0.25, 0.3) is 22.3 Å². The van der Waals surface area contributed by atoms with Gasteiger partial charge in [-0.15, -0.1) is 0 Å². The number of nitrogens with zero attached hydrogens (tertiary/aromatic N) is 4. The van der Waals surface area contributed by atoms with E-state index in [2.05, 4.69) is 19.9 Å². The molecule has 0 aliphatic carbocycles. The number of nitrogens with one attached hydrogen (secondary N) is 2. The van der Waals surface area contributed by atoms with Crippen LogP contribution in [0.3, 0.4) is 0 Å². The van der Waals surface area contributed by atoms with Gasteiger partial charge in [-0.3, -0.25) is 19.5 Å². The molecule has 30 heavy (non-hydrogen) atoms. The fourth-order valence-corrected chi connectivity index (χ4v) is 3.98. The molecule has 0 fully saturated rings. The largest absolute Gasteiger partial charge is 0.432 e. The molecule has 1 atom stereocenters. The van der Waals surface area contributed by atoms with Gasteiger partial charge in [0.15, 0.2) is 11.0 Å². The highest BCUT2D eigenvalue weighted by Crippen LogP contribution is 2.31. The predicted octanol–water partition coefficient (Wildman–Crippen LogP) is 4.07. The van der Waals surface area contributed by atoms with E-state index in [0.29, 0.717) is 4.90 Å². The van der Waals surface area contributed by atoms with Crippen LogP contribution in [-0.2, 0) is 30.6 Å². The fraction of sp³-hybridized carbons (Fsp3) is 0.211. The molecule has 4 rings (SSSR count). The van der Waals surface area contributed by atoms with E-state index in [-0.39, 0.29) is 11.4 Å². The third-order valence-corrected chi connectivity index (χ3v) is 5.72. The lowest BCUT2D eigenvalue weighted by molar-refractivity contribution is -0.141. The van der Waals surface area contributed by atoms with E-state index in [4.69, 9.17) is 0 Å². The Labute approximate surface area is 171 Å². The van der Waals surface area contributed by atoms with Crippen molar-refractivity contribution in [2.45, 2.75) is 24.4 Å². The van der Waals surface area contributed by atoms with Crippen LogP contribution in [0.15, 0.2) is 47.6 Å². The van der Waals surface area contributed by atoms with Crippen molar-refractivity contribution in [3.05, 3.63) is 54.0 Å². The molecule has 1 unspecified atom stereocenters. The zero-order valence-corrected chi connectivity index (χ0v) is 16.8. The number of hydrogen-bond acceptors (Lipinski definition) is 4. The highest BCUT2D eigenvalue weighted by molar-refractivity contribution is 7.86. The van der Waals surface area contributed by atoms with E-state index in [9.17, 15) is 17.4 Å². The van der Waals surface area contributed by atoms with Gasteiger partial charge < -0.3 is 0 Å². The number of aromatic amines is 1.